The molecule has 1 saturated heterocycles. The van der Waals surface area contributed by atoms with Gasteiger partial charge in [-0.1, -0.05) is 18.5 Å². The van der Waals surface area contributed by atoms with Gasteiger partial charge in [0.2, 0.25) is 0 Å². The second-order valence-corrected chi connectivity index (χ2v) is 5.68. The van der Waals surface area contributed by atoms with Crippen LogP contribution in [0.4, 0.5) is 0 Å². The van der Waals surface area contributed by atoms with Gasteiger partial charge in [0.1, 0.15) is 5.75 Å². The van der Waals surface area contributed by atoms with Gasteiger partial charge in [-0.15, -0.1) is 0 Å². The SMILES string of the molecule is CCN1CCC(N(C)C(=O)c2cc(Cl)ccc2O)CC1. The smallest absolute Gasteiger partial charge is 0.257 e. The van der Waals surface area contributed by atoms with Crippen LogP contribution in [0.15, 0.2) is 18.2 Å². The second kappa shape index (κ2) is 6.46. The van der Waals surface area contributed by atoms with E-state index in [0.29, 0.717) is 5.02 Å². The lowest BCUT2D eigenvalue weighted by molar-refractivity contribution is 0.0644. The molecule has 4 nitrogen and oxygen atoms in total. The van der Waals surface area contributed by atoms with Crippen molar-refractivity contribution in [2.75, 3.05) is 26.7 Å². The van der Waals surface area contributed by atoms with Crippen molar-refractivity contribution in [3.05, 3.63) is 28.8 Å². The standard InChI is InChI=1S/C15H21ClN2O2/c1-3-18-8-6-12(7-9-18)17(2)15(20)13-10-11(16)4-5-14(13)19/h4-5,10,12,19H,3,6-9H2,1-2H3. The van der Waals surface area contributed by atoms with Crippen LogP contribution in [0.5, 0.6) is 5.75 Å². The summed E-state index contributed by atoms with van der Waals surface area (Å²) in [5, 5.41) is 10.3. The number of carbonyl (C=O) groups is 1. The van der Waals surface area contributed by atoms with Crippen molar-refractivity contribution in [2.24, 2.45) is 0 Å². The zero-order valence-electron chi connectivity index (χ0n) is 12.0. The number of amides is 1. The zero-order valence-corrected chi connectivity index (χ0v) is 12.7. The Morgan fingerprint density at radius 2 is 2.10 bits per heavy atom. The number of phenolic OH excluding ortho intramolecular Hbond substituents is 1. The van der Waals surface area contributed by atoms with Crippen molar-refractivity contribution < 1.29 is 9.90 Å². The van der Waals surface area contributed by atoms with Gasteiger partial charge >= 0.3 is 0 Å². The predicted molar refractivity (Wildman–Crippen MR) is 80.3 cm³/mol. The molecule has 1 aliphatic heterocycles. The number of benzene rings is 1. The van der Waals surface area contributed by atoms with Gasteiger partial charge in [0, 0.05) is 31.2 Å². The molecule has 5 heteroatoms. The first kappa shape index (κ1) is 15.1. The molecule has 1 aromatic carbocycles. The number of piperidine rings is 1. The van der Waals surface area contributed by atoms with E-state index in [2.05, 4.69) is 11.8 Å². The van der Waals surface area contributed by atoms with Gasteiger partial charge in [0.25, 0.3) is 5.91 Å². The molecule has 1 aliphatic rings. The lowest BCUT2D eigenvalue weighted by atomic mass is 10.0. The zero-order chi connectivity index (χ0) is 14.7. The summed E-state index contributed by atoms with van der Waals surface area (Å²) in [5.41, 5.74) is 0.276. The van der Waals surface area contributed by atoms with Gasteiger partial charge in [0.05, 0.1) is 5.56 Å². The minimum Gasteiger partial charge on any atom is -0.507 e. The number of carbonyl (C=O) groups excluding carboxylic acids is 1. The summed E-state index contributed by atoms with van der Waals surface area (Å²) in [6.07, 6.45) is 1.94. The largest absolute Gasteiger partial charge is 0.507 e. The normalized spacial score (nSPS) is 17.1. The topological polar surface area (TPSA) is 43.8 Å². The first-order valence-corrected chi connectivity index (χ1v) is 7.38. The quantitative estimate of drug-likeness (QED) is 0.932. The molecule has 1 fully saturated rings. The Hall–Kier alpha value is -1.26. The van der Waals surface area contributed by atoms with Gasteiger partial charge in [-0.3, -0.25) is 4.79 Å². The predicted octanol–water partition coefficient (Wildman–Crippen LogP) is 2.60. The van der Waals surface area contributed by atoms with E-state index < -0.39 is 0 Å². The molecule has 1 aromatic rings. The van der Waals surface area contributed by atoms with Crippen molar-refractivity contribution in [1.29, 1.82) is 0 Å². The summed E-state index contributed by atoms with van der Waals surface area (Å²) in [4.78, 5) is 16.6. The Balaban J connectivity index is 2.07. The molecule has 0 spiro atoms. The molecule has 0 bridgehead atoms. The summed E-state index contributed by atoms with van der Waals surface area (Å²) >= 11 is 5.90. The number of nitrogens with zero attached hydrogens (tertiary/aromatic N) is 2. The van der Waals surface area contributed by atoms with E-state index in [0.717, 1.165) is 32.5 Å². The van der Waals surface area contributed by atoms with Crippen LogP contribution >= 0.6 is 11.6 Å². The molecule has 20 heavy (non-hydrogen) atoms. The van der Waals surface area contributed by atoms with Crippen LogP contribution in [0, 0.1) is 0 Å². The summed E-state index contributed by atoms with van der Waals surface area (Å²) < 4.78 is 0. The molecule has 0 aromatic heterocycles. The summed E-state index contributed by atoms with van der Waals surface area (Å²) in [6, 6.07) is 4.79. The number of likely N-dealkylation sites (tertiary alicyclic amines) is 1. The number of phenols is 1. The fourth-order valence-corrected chi connectivity index (χ4v) is 2.83. The first-order chi connectivity index (χ1) is 9.52. The third-order valence-corrected chi connectivity index (χ3v) is 4.30. The van der Waals surface area contributed by atoms with E-state index in [1.165, 1.54) is 12.1 Å². The monoisotopic (exact) mass is 296 g/mol. The van der Waals surface area contributed by atoms with Gasteiger partial charge in [-0.25, -0.2) is 0 Å². The van der Waals surface area contributed by atoms with E-state index in [9.17, 15) is 9.90 Å². The highest BCUT2D eigenvalue weighted by Crippen LogP contribution is 2.25. The Morgan fingerprint density at radius 1 is 1.45 bits per heavy atom. The van der Waals surface area contributed by atoms with Crippen LogP contribution < -0.4 is 0 Å². The Morgan fingerprint density at radius 3 is 2.70 bits per heavy atom. The summed E-state index contributed by atoms with van der Waals surface area (Å²) in [5.74, 6) is -0.183. The second-order valence-electron chi connectivity index (χ2n) is 5.24. The van der Waals surface area contributed by atoms with Gasteiger partial charge in [-0.05, 0) is 37.6 Å². The molecule has 0 aliphatic carbocycles. The molecule has 110 valence electrons. The number of hydrogen-bond donors (Lipinski definition) is 1. The van der Waals surface area contributed by atoms with Crippen molar-refractivity contribution in [3.63, 3.8) is 0 Å². The van der Waals surface area contributed by atoms with Crippen LogP contribution in [0.1, 0.15) is 30.1 Å². The average Bonchev–Trinajstić information content (AvgIpc) is 2.48. The summed E-state index contributed by atoms with van der Waals surface area (Å²) in [7, 11) is 1.80. The number of rotatable bonds is 3. The molecule has 2 rings (SSSR count). The summed E-state index contributed by atoms with van der Waals surface area (Å²) in [6.45, 7) is 5.24. The maximum Gasteiger partial charge on any atom is 0.257 e. The van der Waals surface area contributed by atoms with Gasteiger partial charge < -0.3 is 14.9 Å². The Bertz CT molecular complexity index is 485. The van der Waals surface area contributed by atoms with E-state index in [1.54, 1.807) is 18.0 Å². The number of aromatic hydroxyl groups is 1. The lowest BCUT2D eigenvalue weighted by Gasteiger charge is -2.36. The van der Waals surface area contributed by atoms with Crippen molar-refractivity contribution >= 4 is 17.5 Å². The first-order valence-electron chi connectivity index (χ1n) is 7.01. The van der Waals surface area contributed by atoms with E-state index in [-0.39, 0.29) is 23.3 Å². The van der Waals surface area contributed by atoms with E-state index in [4.69, 9.17) is 11.6 Å². The minimum absolute atomic E-state index is 0.0164. The maximum atomic E-state index is 12.5. The number of hydrogen-bond acceptors (Lipinski definition) is 3. The Kier molecular flexibility index (Phi) is 4.89. The number of halogens is 1. The van der Waals surface area contributed by atoms with Crippen LogP contribution in [0.3, 0.4) is 0 Å². The highest BCUT2D eigenvalue weighted by molar-refractivity contribution is 6.31. The lowest BCUT2D eigenvalue weighted by Crippen LogP contribution is -2.45. The van der Waals surface area contributed by atoms with Crippen LogP contribution in [0.25, 0.3) is 0 Å². The fourth-order valence-electron chi connectivity index (χ4n) is 2.66. The van der Waals surface area contributed by atoms with Crippen molar-refractivity contribution in [3.8, 4) is 5.75 Å². The van der Waals surface area contributed by atoms with Crippen molar-refractivity contribution in [2.45, 2.75) is 25.8 Å². The maximum absolute atomic E-state index is 12.5. The molecule has 1 amide bonds. The molecule has 0 radical (unpaired) electrons. The fraction of sp³-hybridized carbons (Fsp3) is 0.533. The third-order valence-electron chi connectivity index (χ3n) is 4.06. The van der Waals surface area contributed by atoms with Crippen LogP contribution in [0.2, 0.25) is 5.02 Å². The van der Waals surface area contributed by atoms with Crippen LogP contribution in [-0.4, -0.2) is 53.5 Å². The molecule has 1 heterocycles. The molecular formula is C15H21ClN2O2. The Labute approximate surface area is 124 Å². The third kappa shape index (κ3) is 3.25. The minimum atomic E-state index is -0.167. The van der Waals surface area contributed by atoms with E-state index in [1.807, 2.05) is 0 Å². The van der Waals surface area contributed by atoms with Crippen LogP contribution in [-0.2, 0) is 0 Å². The highest BCUT2D eigenvalue weighted by atomic mass is 35.5. The average molecular weight is 297 g/mol. The highest BCUT2D eigenvalue weighted by Gasteiger charge is 2.26. The molecule has 0 atom stereocenters. The molecule has 0 unspecified atom stereocenters. The van der Waals surface area contributed by atoms with Crippen molar-refractivity contribution in [1.82, 2.24) is 9.80 Å². The molecule has 0 saturated carbocycles. The van der Waals surface area contributed by atoms with Gasteiger partial charge in [0.15, 0.2) is 0 Å². The van der Waals surface area contributed by atoms with E-state index >= 15 is 0 Å². The molecule has 1 N–H and O–H groups in total. The van der Waals surface area contributed by atoms with Gasteiger partial charge in [-0.2, -0.15) is 0 Å². The molecular weight excluding hydrogens is 276 g/mol.